The molecule has 0 N–H and O–H groups in total. The second-order valence-corrected chi connectivity index (χ2v) is 4.80. The van der Waals surface area contributed by atoms with Crippen molar-refractivity contribution >= 4 is 5.78 Å². The van der Waals surface area contributed by atoms with Crippen molar-refractivity contribution in [2.24, 2.45) is 5.92 Å². The van der Waals surface area contributed by atoms with Crippen LogP contribution in [-0.2, 0) is 6.42 Å². The quantitative estimate of drug-likeness (QED) is 0.806. The van der Waals surface area contributed by atoms with Crippen LogP contribution in [0.2, 0.25) is 0 Å². The molecule has 0 fully saturated rings. The zero-order chi connectivity index (χ0) is 12.6. The minimum atomic E-state index is 0.0732. The van der Waals surface area contributed by atoms with Gasteiger partial charge in [-0.2, -0.15) is 0 Å². The van der Waals surface area contributed by atoms with Crippen LogP contribution in [0.1, 0.15) is 36.7 Å². The molecule has 0 aliphatic heterocycles. The number of Topliss-reactive ketones (excluding diaryl/α,β-unsaturated/α-hetero) is 1. The van der Waals surface area contributed by atoms with Gasteiger partial charge in [0.15, 0.2) is 17.3 Å². The number of carbonyl (C=O) groups excluding carboxylic acids is 1. The van der Waals surface area contributed by atoms with E-state index in [0.29, 0.717) is 5.75 Å². The maximum atomic E-state index is 11.9. The second-order valence-electron chi connectivity index (χ2n) is 4.80. The van der Waals surface area contributed by atoms with E-state index in [1.165, 1.54) is 0 Å². The van der Waals surface area contributed by atoms with Crippen LogP contribution in [0.5, 0.6) is 11.5 Å². The van der Waals surface area contributed by atoms with Gasteiger partial charge in [0.05, 0.1) is 13.2 Å². The molecule has 1 aliphatic rings. The van der Waals surface area contributed by atoms with Gasteiger partial charge < -0.3 is 9.47 Å². The van der Waals surface area contributed by atoms with Gasteiger partial charge in [-0.1, -0.05) is 6.92 Å². The Labute approximate surface area is 102 Å². The zero-order valence-corrected chi connectivity index (χ0v) is 10.7. The first-order valence-electron chi connectivity index (χ1n) is 5.94. The van der Waals surface area contributed by atoms with Gasteiger partial charge >= 0.3 is 0 Å². The monoisotopic (exact) mass is 234 g/mol. The molecule has 1 atom stereocenters. The Hall–Kier alpha value is -1.51. The molecule has 92 valence electrons. The highest BCUT2D eigenvalue weighted by molar-refractivity contribution is 6.02. The summed E-state index contributed by atoms with van der Waals surface area (Å²) in [7, 11) is 1.60. The number of rotatable bonds is 3. The van der Waals surface area contributed by atoms with E-state index in [4.69, 9.17) is 9.47 Å². The standard InChI is InChI=1S/C14H18O3/c1-8(2)17-13-6-10-5-9(3)14(15)11(10)7-12(13)16-4/h6-9H,5H2,1-4H3/t9-/m1/s1. The molecule has 0 unspecified atom stereocenters. The molecule has 2 rings (SSSR count). The molecular weight excluding hydrogens is 216 g/mol. The molecule has 0 aromatic heterocycles. The van der Waals surface area contributed by atoms with Crippen molar-refractivity contribution in [2.75, 3.05) is 7.11 Å². The molecule has 0 radical (unpaired) electrons. The summed E-state index contributed by atoms with van der Waals surface area (Å²) in [5.74, 6) is 1.64. The molecule has 1 aliphatic carbocycles. The van der Waals surface area contributed by atoms with Crippen molar-refractivity contribution in [2.45, 2.75) is 33.3 Å². The number of benzene rings is 1. The average molecular weight is 234 g/mol. The van der Waals surface area contributed by atoms with Crippen molar-refractivity contribution in [3.63, 3.8) is 0 Å². The number of ether oxygens (including phenoxy) is 2. The zero-order valence-electron chi connectivity index (χ0n) is 10.7. The summed E-state index contributed by atoms with van der Waals surface area (Å²) in [6.07, 6.45) is 0.892. The normalized spacial score (nSPS) is 18.4. The van der Waals surface area contributed by atoms with Crippen LogP contribution in [0.4, 0.5) is 0 Å². The van der Waals surface area contributed by atoms with Gasteiger partial charge in [-0.15, -0.1) is 0 Å². The van der Waals surface area contributed by atoms with E-state index < -0.39 is 0 Å². The molecule has 0 amide bonds. The summed E-state index contributed by atoms with van der Waals surface area (Å²) in [6, 6.07) is 3.74. The van der Waals surface area contributed by atoms with E-state index in [0.717, 1.165) is 23.3 Å². The fourth-order valence-electron chi connectivity index (χ4n) is 2.19. The van der Waals surface area contributed by atoms with Gasteiger partial charge in [0.2, 0.25) is 0 Å². The minimum absolute atomic E-state index is 0.0732. The lowest BCUT2D eigenvalue weighted by molar-refractivity contribution is 0.0946. The first-order valence-corrected chi connectivity index (χ1v) is 5.94. The lowest BCUT2D eigenvalue weighted by Gasteiger charge is -2.14. The molecule has 0 saturated carbocycles. The topological polar surface area (TPSA) is 35.5 Å². The van der Waals surface area contributed by atoms with E-state index in [1.807, 2.05) is 26.8 Å². The number of hydrogen-bond acceptors (Lipinski definition) is 3. The lowest BCUT2D eigenvalue weighted by Crippen LogP contribution is -2.07. The predicted octanol–water partition coefficient (Wildman–Crippen LogP) is 2.86. The SMILES string of the molecule is COc1cc2c(cc1OC(C)C)C[C@@H](C)C2=O. The average Bonchev–Trinajstić information content (AvgIpc) is 2.53. The van der Waals surface area contributed by atoms with Crippen LogP contribution in [0.15, 0.2) is 12.1 Å². The molecule has 0 bridgehead atoms. The van der Waals surface area contributed by atoms with Crippen LogP contribution in [0.3, 0.4) is 0 Å². The molecule has 3 nitrogen and oxygen atoms in total. The Morgan fingerprint density at radius 2 is 2.00 bits per heavy atom. The van der Waals surface area contributed by atoms with Crippen LogP contribution < -0.4 is 9.47 Å². The number of hydrogen-bond donors (Lipinski definition) is 0. The van der Waals surface area contributed by atoms with Crippen molar-refractivity contribution in [3.8, 4) is 11.5 Å². The van der Waals surface area contributed by atoms with Crippen molar-refractivity contribution in [1.29, 1.82) is 0 Å². The van der Waals surface area contributed by atoms with Crippen LogP contribution >= 0.6 is 0 Å². The molecule has 1 aromatic carbocycles. The number of methoxy groups -OCH3 is 1. The first kappa shape index (κ1) is 12.0. The highest BCUT2D eigenvalue weighted by Crippen LogP contribution is 2.37. The van der Waals surface area contributed by atoms with Gasteiger partial charge in [-0.25, -0.2) is 0 Å². The summed E-state index contributed by atoms with van der Waals surface area (Å²) in [6.45, 7) is 5.90. The van der Waals surface area contributed by atoms with Gasteiger partial charge in [0.1, 0.15) is 0 Å². The summed E-state index contributed by atoms with van der Waals surface area (Å²) in [5, 5.41) is 0. The van der Waals surface area contributed by atoms with E-state index in [-0.39, 0.29) is 17.8 Å². The smallest absolute Gasteiger partial charge is 0.166 e. The van der Waals surface area contributed by atoms with E-state index in [1.54, 1.807) is 13.2 Å². The third-order valence-electron chi connectivity index (χ3n) is 2.99. The predicted molar refractivity (Wildman–Crippen MR) is 66.0 cm³/mol. The summed E-state index contributed by atoms with van der Waals surface area (Å²) >= 11 is 0. The fraction of sp³-hybridized carbons (Fsp3) is 0.500. The highest BCUT2D eigenvalue weighted by Gasteiger charge is 2.28. The summed E-state index contributed by atoms with van der Waals surface area (Å²) < 4.78 is 11.0. The van der Waals surface area contributed by atoms with Gasteiger partial charge in [0.25, 0.3) is 0 Å². The summed E-state index contributed by atoms with van der Waals surface area (Å²) in [5.41, 5.74) is 1.85. The Balaban J connectivity index is 2.44. The molecule has 17 heavy (non-hydrogen) atoms. The Morgan fingerprint density at radius 1 is 1.29 bits per heavy atom. The van der Waals surface area contributed by atoms with Crippen LogP contribution in [0.25, 0.3) is 0 Å². The molecule has 0 saturated heterocycles. The molecular formula is C14H18O3. The van der Waals surface area contributed by atoms with Crippen LogP contribution in [-0.4, -0.2) is 19.0 Å². The lowest BCUT2D eigenvalue weighted by atomic mass is 10.1. The molecule has 1 aromatic rings. The maximum absolute atomic E-state index is 11.9. The Kier molecular flexibility index (Phi) is 3.09. The van der Waals surface area contributed by atoms with E-state index in [9.17, 15) is 4.79 Å². The third kappa shape index (κ3) is 2.14. The summed E-state index contributed by atoms with van der Waals surface area (Å²) in [4.78, 5) is 11.9. The van der Waals surface area contributed by atoms with Crippen molar-refractivity contribution in [3.05, 3.63) is 23.3 Å². The van der Waals surface area contributed by atoms with E-state index >= 15 is 0 Å². The van der Waals surface area contributed by atoms with Gasteiger partial charge in [-0.05, 0) is 38.0 Å². The second kappa shape index (κ2) is 4.40. The largest absolute Gasteiger partial charge is 0.493 e. The van der Waals surface area contributed by atoms with Crippen LogP contribution in [0, 0.1) is 5.92 Å². The fourth-order valence-corrected chi connectivity index (χ4v) is 2.19. The molecule has 0 spiro atoms. The third-order valence-corrected chi connectivity index (χ3v) is 2.99. The Bertz CT molecular complexity index is 449. The van der Waals surface area contributed by atoms with E-state index in [2.05, 4.69) is 0 Å². The maximum Gasteiger partial charge on any atom is 0.166 e. The molecule has 3 heteroatoms. The van der Waals surface area contributed by atoms with Crippen molar-refractivity contribution in [1.82, 2.24) is 0 Å². The molecule has 0 heterocycles. The van der Waals surface area contributed by atoms with Gasteiger partial charge in [-0.3, -0.25) is 4.79 Å². The minimum Gasteiger partial charge on any atom is -0.493 e. The number of ketones is 1. The number of fused-ring (bicyclic) bond motifs is 1. The van der Waals surface area contributed by atoms with Gasteiger partial charge in [0, 0.05) is 11.5 Å². The Morgan fingerprint density at radius 3 is 2.59 bits per heavy atom. The number of carbonyl (C=O) groups is 1. The van der Waals surface area contributed by atoms with Crippen molar-refractivity contribution < 1.29 is 14.3 Å². The first-order chi connectivity index (χ1) is 8.02. The highest BCUT2D eigenvalue weighted by atomic mass is 16.5.